The third kappa shape index (κ3) is 1.39. The number of pyridine rings is 1. The van der Waals surface area contributed by atoms with Crippen molar-refractivity contribution in [1.82, 2.24) is 4.98 Å². The summed E-state index contributed by atoms with van der Waals surface area (Å²) in [5.41, 5.74) is -0.484. The van der Waals surface area contributed by atoms with Crippen LogP contribution in [0.15, 0.2) is 24.5 Å². The van der Waals surface area contributed by atoms with Gasteiger partial charge in [0.05, 0.1) is 5.41 Å². The van der Waals surface area contributed by atoms with E-state index in [2.05, 4.69) is 24.1 Å². The molecule has 1 heterocycles. The Morgan fingerprint density at radius 3 is 2.35 bits per heavy atom. The van der Waals surface area contributed by atoms with Crippen LogP contribution in [-0.2, 0) is 9.59 Å². The standard InChI is InChI=1S/C16H20N2O2/c1-14(2)15(3)6-7-16(14,10-12(15)19)13(20)18-11-4-8-17-9-5-11/h4-5,8-9H,6-7,10H2,1-3H3,(H,17,18,20)/t15-,16-/m0/s1. The number of ketones is 1. The zero-order chi connectivity index (χ0) is 14.6. The summed E-state index contributed by atoms with van der Waals surface area (Å²) in [6, 6.07) is 3.54. The van der Waals surface area contributed by atoms with E-state index in [4.69, 9.17) is 0 Å². The molecule has 1 aromatic rings. The van der Waals surface area contributed by atoms with E-state index in [0.29, 0.717) is 6.42 Å². The number of Topliss-reactive ketones (excluding diaryl/α,β-unsaturated/α-hetero) is 1. The van der Waals surface area contributed by atoms with Crippen molar-refractivity contribution >= 4 is 17.4 Å². The van der Waals surface area contributed by atoms with Gasteiger partial charge in [0.15, 0.2) is 0 Å². The molecule has 2 bridgehead atoms. The third-order valence-corrected chi connectivity index (χ3v) is 6.08. The van der Waals surface area contributed by atoms with Gasteiger partial charge in [-0.05, 0) is 30.4 Å². The summed E-state index contributed by atoms with van der Waals surface area (Å²) < 4.78 is 0. The fourth-order valence-corrected chi connectivity index (χ4v) is 4.05. The van der Waals surface area contributed by atoms with Crippen LogP contribution in [0.2, 0.25) is 0 Å². The maximum absolute atomic E-state index is 12.8. The summed E-state index contributed by atoms with van der Waals surface area (Å²) >= 11 is 0. The predicted molar refractivity (Wildman–Crippen MR) is 76.0 cm³/mol. The molecular weight excluding hydrogens is 252 g/mol. The molecule has 4 heteroatoms. The summed E-state index contributed by atoms with van der Waals surface area (Å²) in [5, 5.41) is 2.96. The van der Waals surface area contributed by atoms with Crippen LogP contribution in [0.5, 0.6) is 0 Å². The SMILES string of the molecule is CC1(C)[C@@]2(C(=O)Nc3ccncc3)CC[C@@]1(C)C(=O)C2. The van der Waals surface area contributed by atoms with Gasteiger partial charge in [-0.25, -0.2) is 0 Å². The second-order valence-corrected chi connectivity index (χ2v) is 6.83. The Labute approximate surface area is 119 Å². The Balaban J connectivity index is 1.94. The highest BCUT2D eigenvalue weighted by Gasteiger charge is 2.72. The molecule has 106 valence electrons. The van der Waals surface area contributed by atoms with E-state index < -0.39 is 5.41 Å². The molecule has 2 atom stereocenters. The van der Waals surface area contributed by atoms with Gasteiger partial charge in [-0.2, -0.15) is 0 Å². The number of carbonyl (C=O) groups excluding carboxylic acids is 2. The highest BCUT2D eigenvalue weighted by molar-refractivity contribution is 6.04. The van der Waals surface area contributed by atoms with Gasteiger partial charge in [0.2, 0.25) is 5.91 Å². The van der Waals surface area contributed by atoms with Crippen molar-refractivity contribution in [1.29, 1.82) is 0 Å². The topological polar surface area (TPSA) is 59.1 Å². The van der Waals surface area contributed by atoms with Gasteiger partial charge in [0, 0.05) is 29.9 Å². The number of amides is 1. The van der Waals surface area contributed by atoms with Crippen LogP contribution in [0, 0.1) is 16.2 Å². The quantitative estimate of drug-likeness (QED) is 0.900. The first-order valence-electron chi connectivity index (χ1n) is 7.08. The molecule has 2 saturated carbocycles. The summed E-state index contributed by atoms with van der Waals surface area (Å²) in [5.74, 6) is 0.210. The molecule has 4 nitrogen and oxygen atoms in total. The van der Waals surface area contributed by atoms with Crippen molar-refractivity contribution < 1.29 is 9.59 Å². The second-order valence-electron chi connectivity index (χ2n) is 6.83. The van der Waals surface area contributed by atoms with Crippen molar-refractivity contribution in [2.75, 3.05) is 5.32 Å². The summed E-state index contributed by atoms with van der Waals surface area (Å²) in [6.45, 7) is 6.15. The molecule has 0 aromatic carbocycles. The average Bonchev–Trinajstić information content (AvgIpc) is 2.70. The average molecular weight is 272 g/mol. The minimum absolute atomic E-state index is 0.0247. The zero-order valence-electron chi connectivity index (χ0n) is 12.2. The van der Waals surface area contributed by atoms with Gasteiger partial charge in [0.1, 0.15) is 5.78 Å². The van der Waals surface area contributed by atoms with Gasteiger partial charge in [-0.15, -0.1) is 0 Å². The maximum Gasteiger partial charge on any atom is 0.231 e. The predicted octanol–water partition coefficient (Wildman–Crippen LogP) is 2.81. The zero-order valence-corrected chi connectivity index (χ0v) is 12.2. The molecule has 0 spiro atoms. The van der Waals surface area contributed by atoms with Crippen LogP contribution in [0.1, 0.15) is 40.0 Å². The number of hydrogen-bond acceptors (Lipinski definition) is 3. The molecule has 0 radical (unpaired) electrons. The molecule has 20 heavy (non-hydrogen) atoms. The Morgan fingerprint density at radius 1 is 1.20 bits per heavy atom. The van der Waals surface area contributed by atoms with E-state index in [9.17, 15) is 9.59 Å². The molecule has 0 aliphatic heterocycles. The van der Waals surface area contributed by atoms with Crippen molar-refractivity contribution in [2.45, 2.75) is 40.0 Å². The normalized spacial score (nSPS) is 34.2. The minimum atomic E-state index is -0.567. The number of nitrogens with zero attached hydrogens (tertiary/aromatic N) is 1. The Hall–Kier alpha value is -1.71. The Kier molecular flexibility index (Phi) is 2.59. The molecule has 2 aliphatic rings. The highest BCUT2D eigenvalue weighted by atomic mass is 16.2. The van der Waals surface area contributed by atoms with Gasteiger partial charge in [-0.3, -0.25) is 14.6 Å². The van der Waals surface area contributed by atoms with E-state index >= 15 is 0 Å². The van der Waals surface area contributed by atoms with Crippen LogP contribution < -0.4 is 5.32 Å². The molecule has 0 saturated heterocycles. The van der Waals surface area contributed by atoms with Crippen LogP contribution in [0.3, 0.4) is 0 Å². The van der Waals surface area contributed by atoms with Gasteiger partial charge >= 0.3 is 0 Å². The summed E-state index contributed by atoms with van der Waals surface area (Å²) in [4.78, 5) is 29.1. The smallest absolute Gasteiger partial charge is 0.231 e. The van der Waals surface area contributed by atoms with E-state index in [0.717, 1.165) is 18.5 Å². The van der Waals surface area contributed by atoms with Crippen LogP contribution in [-0.4, -0.2) is 16.7 Å². The van der Waals surface area contributed by atoms with Crippen molar-refractivity contribution in [2.24, 2.45) is 16.2 Å². The third-order valence-electron chi connectivity index (χ3n) is 6.08. The first kappa shape index (κ1) is 13.3. The van der Waals surface area contributed by atoms with Crippen LogP contribution in [0.25, 0.3) is 0 Å². The number of fused-ring (bicyclic) bond motifs is 2. The van der Waals surface area contributed by atoms with Crippen molar-refractivity contribution in [3.05, 3.63) is 24.5 Å². The van der Waals surface area contributed by atoms with Crippen molar-refractivity contribution in [3.8, 4) is 0 Å². The molecule has 0 unspecified atom stereocenters. The number of aromatic nitrogens is 1. The lowest BCUT2D eigenvalue weighted by atomic mass is 9.64. The number of carbonyl (C=O) groups is 2. The molecule has 1 aromatic heterocycles. The van der Waals surface area contributed by atoms with Crippen LogP contribution >= 0.6 is 0 Å². The lowest BCUT2D eigenvalue weighted by Gasteiger charge is -2.38. The Bertz CT molecular complexity index is 581. The second kappa shape index (κ2) is 3.90. The molecule has 2 aliphatic carbocycles. The lowest BCUT2D eigenvalue weighted by molar-refractivity contribution is -0.131. The number of rotatable bonds is 2. The van der Waals surface area contributed by atoms with E-state index in [1.165, 1.54) is 0 Å². The van der Waals surface area contributed by atoms with Crippen molar-refractivity contribution in [3.63, 3.8) is 0 Å². The summed E-state index contributed by atoms with van der Waals surface area (Å²) in [6.07, 6.45) is 5.27. The van der Waals surface area contributed by atoms with Crippen LogP contribution in [0.4, 0.5) is 5.69 Å². The molecule has 1 N–H and O–H groups in total. The monoisotopic (exact) mass is 272 g/mol. The van der Waals surface area contributed by atoms with Gasteiger partial charge in [0.25, 0.3) is 0 Å². The first-order valence-corrected chi connectivity index (χ1v) is 7.08. The molecule has 3 rings (SSSR count). The largest absolute Gasteiger partial charge is 0.325 e. The van der Waals surface area contributed by atoms with Gasteiger partial charge < -0.3 is 5.32 Å². The summed E-state index contributed by atoms with van der Waals surface area (Å²) in [7, 11) is 0. The molecular formula is C16H20N2O2. The fourth-order valence-electron chi connectivity index (χ4n) is 4.05. The number of nitrogens with one attached hydrogen (secondary N) is 1. The van der Waals surface area contributed by atoms with E-state index in [1.54, 1.807) is 24.5 Å². The highest BCUT2D eigenvalue weighted by Crippen LogP contribution is 2.70. The maximum atomic E-state index is 12.8. The Morgan fingerprint density at radius 2 is 1.85 bits per heavy atom. The fraction of sp³-hybridized carbons (Fsp3) is 0.562. The van der Waals surface area contributed by atoms with Gasteiger partial charge in [-0.1, -0.05) is 20.8 Å². The lowest BCUT2D eigenvalue weighted by Crippen LogP contribution is -2.43. The van der Waals surface area contributed by atoms with E-state index in [1.807, 2.05) is 6.92 Å². The van der Waals surface area contributed by atoms with E-state index in [-0.39, 0.29) is 22.5 Å². The first-order chi connectivity index (χ1) is 9.33. The molecule has 2 fully saturated rings. The minimum Gasteiger partial charge on any atom is -0.325 e. The number of hydrogen-bond donors (Lipinski definition) is 1. The number of anilines is 1. The molecule has 1 amide bonds.